The van der Waals surface area contributed by atoms with Gasteiger partial charge in [0.05, 0.1) is 13.7 Å². The van der Waals surface area contributed by atoms with Crippen molar-refractivity contribution in [1.82, 2.24) is 0 Å². The molecule has 2 aromatic carbocycles. The number of hydrogen-bond donors (Lipinski definition) is 0. The smallest absolute Gasteiger partial charge is 0.497 e. The Morgan fingerprint density at radius 3 is 2.30 bits per heavy atom. The molecule has 2 aliphatic rings. The number of thioether (sulfide) groups is 1. The van der Waals surface area contributed by atoms with Crippen LogP contribution >= 0.6 is 11.8 Å². The molecule has 0 spiro atoms. The highest BCUT2D eigenvalue weighted by atomic mass is 32.2. The molecule has 2 fully saturated rings. The number of carbonyl (C=O) groups excluding carboxylic acids is 1. The topological polar surface area (TPSA) is 107 Å². The van der Waals surface area contributed by atoms with Crippen LogP contribution in [0.2, 0.25) is 0 Å². The molecule has 9 nitrogen and oxygen atoms in total. The summed E-state index contributed by atoms with van der Waals surface area (Å²) in [5.74, 6) is -0.325. The highest BCUT2D eigenvalue weighted by Crippen LogP contribution is 2.42. The van der Waals surface area contributed by atoms with Gasteiger partial charge in [0.1, 0.15) is 29.5 Å². The van der Waals surface area contributed by atoms with E-state index in [1.54, 1.807) is 54.6 Å². The van der Waals surface area contributed by atoms with Crippen molar-refractivity contribution in [2.24, 2.45) is 0 Å². The van der Waals surface area contributed by atoms with Crippen molar-refractivity contribution in [3.63, 3.8) is 0 Å². The Morgan fingerprint density at radius 1 is 1.03 bits per heavy atom. The van der Waals surface area contributed by atoms with E-state index in [4.69, 9.17) is 27.9 Å². The molecule has 2 aromatic rings. The second kappa shape index (κ2) is 11.2. The highest BCUT2D eigenvalue weighted by molar-refractivity contribution is 7.99. The minimum atomic E-state index is -6.10. The van der Waals surface area contributed by atoms with E-state index in [1.165, 1.54) is 7.11 Å². The Balaban J connectivity index is 1.69. The van der Waals surface area contributed by atoms with Crippen LogP contribution in [0, 0.1) is 0 Å². The van der Waals surface area contributed by atoms with Crippen LogP contribution in [0.4, 0.5) is 13.2 Å². The van der Waals surface area contributed by atoms with Gasteiger partial charge in [-0.2, -0.15) is 21.6 Å². The van der Waals surface area contributed by atoms with E-state index in [2.05, 4.69) is 0 Å². The third kappa shape index (κ3) is 6.38. The Morgan fingerprint density at radius 2 is 1.70 bits per heavy atom. The van der Waals surface area contributed by atoms with Crippen molar-refractivity contribution in [2.45, 2.75) is 53.5 Å². The highest BCUT2D eigenvalue weighted by Gasteiger charge is 2.58. The molecule has 0 saturated carbocycles. The lowest BCUT2D eigenvalue weighted by Gasteiger charge is -2.48. The van der Waals surface area contributed by atoms with E-state index < -0.39 is 57.7 Å². The quantitative estimate of drug-likeness (QED) is 0.280. The average Bonchev–Trinajstić information content (AvgIpc) is 2.85. The van der Waals surface area contributed by atoms with Crippen molar-refractivity contribution in [2.75, 3.05) is 13.7 Å². The number of esters is 1. The minimum Gasteiger partial charge on any atom is -0.497 e. The van der Waals surface area contributed by atoms with Gasteiger partial charge < -0.3 is 23.7 Å². The van der Waals surface area contributed by atoms with Gasteiger partial charge in [-0.3, -0.25) is 8.98 Å². The Hall–Kier alpha value is -2.36. The summed E-state index contributed by atoms with van der Waals surface area (Å²) >= 11 is 1.03. The fourth-order valence-electron chi connectivity index (χ4n) is 3.83. The average molecular weight is 565 g/mol. The van der Waals surface area contributed by atoms with Crippen LogP contribution in [-0.4, -0.2) is 63.5 Å². The lowest BCUT2D eigenvalue weighted by Crippen LogP contribution is -2.63. The van der Waals surface area contributed by atoms with E-state index in [-0.39, 0.29) is 6.61 Å². The van der Waals surface area contributed by atoms with Crippen LogP contribution in [-0.2, 0) is 38.0 Å². The first-order chi connectivity index (χ1) is 17.5. The van der Waals surface area contributed by atoms with Crippen LogP contribution in [0.25, 0.3) is 0 Å². The molecule has 37 heavy (non-hydrogen) atoms. The van der Waals surface area contributed by atoms with Gasteiger partial charge in [0.25, 0.3) is 0 Å². The molecular formula is C23H23F3O9S2. The summed E-state index contributed by atoms with van der Waals surface area (Å²) in [6.45, 7) is 0.878. The van der Waals surface area contributed by atoms with Gasteiger partial charge in [0.15, 0.2) is 12.4 Å². The van der Waals surface area contributed by atoms with Gasteiger partial charge in [-0.05, 0) is 24.3 Å². The van der Waals surface area contributed by atoms with Gasteiger partial charge in [-0.1, -0.05) is 42.1 Å². The molecule has 0 aliphatic carbocycles. The van der Waals surface area contributed by atoms with Crippen LogP contribution in [0.5, 0.6) is 5.75 Å². The van der Waals surface area contributed by atoms with Crippen molar-refractivity contribution in [3.8, 4) is 5.75 Å². The first-order valence-corrected chi connectivity index (χ1v) is 13.2. The molecule has 4 rings (SSSR count). The van der Waals surface area contributed by atoms with Gasteiger partial charge in [-0.15, -0.1) is 0 Å². The number of alkyl halides is 3. The first-order valence-electron chi connectivity index (χ1n) is 10.9. The molecule has 6 atom stereocenters. The molecular weight excluding hydrogens is 541 g/mol. The number of carbonyl (C=O) groups is 1. The monoisotopic (exact) mass is 564 g/mol. The van der Waals surface area contributed by atoms with E-state index in [0.29, 0.717) is 16.2 Å². The summed E-state index contributed by atoms with van der Waals surface area (Å²) in [7, 11) is -4.62. The number of rotatable bonds is 7. The summed E-state index contributed by atoms with van der Waals surface area (Å²) in [6, 6.07) is 15.1. The molecule has 0 aromatic heterocycles. The van der Waals surface area contributed by atoms with E-state index in [1.807, 2.05) is 0 Å². The Bertz CT molecular complexity index is 1180. The molecule has 0 amide bonds. The maximum atomic E-state index is 13.3. The second-order valence-electron chi connectivity index (χ2n) is 8.05. The molecule has 0 radical (unpaired) electrons. The summed E-state index contributed by atoms with van der Waals surface area (Å²) in [6.07, 6.45) is -6.98. The fraction of sp³-hybridized carbons (Fsp3) is 0.435. The molecule has 2 saturated heterocycles. The van der Waals surface area contributed by atoms with Crippen molar-refractivity contribution in [1.29, 1.82) is 0 Å². The molecule has 2 heterocycles. The predicted molar refractivity (Wildman–Crippen MR) is 123 cm³/mol. The van der Waals surface area contributed by atoms with Gasteiger partial charge in [-0.25, -0.2) is 0 Å². The van der Waals surface area contributed by atoms with Crippen molar-refractivity contribution >= 4 is 27.8 Å². The minimum absolute atomic E-state index is 0.161. The van der Waals surface area contributed by atoms with Crippen LogP contribution in [0.3, 0.4) is 0 Å². The van der Waals surface area contributed by atoms with Crippen LogP contribution < -0.4 is 4.74 Å². The van der Waals surface area contributed by atoms with Crippen molar-refractivity contribution < 1.29 is 54.3 Å². The standard InChI is InChI=1S/C23H23F3O9S2/c1-13(27)32-20-19(35-37(28,29)23(24,25)26)18-17(33-22(20)36-16-6-4-3-5-7-16)12-31-21(34-18)14-8-10-15(30-2)11-9-14/h3-11,17-22H,12H2,1-2H3/t17-,18+,19-,20-,21?,22+/m1/s1. The second-order valence-corrected chi connectivity index (χ2v) is 10.8. The third-order valence-electron chi connectivity index (χ3n) is 5.49. The summed E-state index contributed by atoms with van der Waals surface area (Å²) in [5.41, 5.74) is -6.36. The lowest BCUT2D eigenvalue weighted by atomic mass is 9.98. The maximum absolute atomic E-state index is 13.3. The number of benzene rings is 2. The largest absolute Gasteiger partial charge is 0.523 e. The van der Waals surface area contributed by atoms with Gasteiger partial charge in [0.2, 0.25) is 0 Å². The summed E-state index contributed by atoms with van der Waals surface area (Å²) in [4.78, 5) is 12.6. The van der Waals surface area contributed by atoms with E-state index >= 15 is 0 Å². The third-order valence-corrected chi connectivity index (χ3v) is 7.69. The Labute approximate surface area is 215 Å². The zero-order valence-corrected chi connectivity index (χ0v) is 21.1. The number of ether oxygens (including phenoxy) is 5. The van der Waals surface area contributed by atoms with E-state index in [9.17, 15) is 26.4 Å². The van der Waals surface area contributed by atoms with E-state index in [0.717, 1.165) is 18.7 Å². The molecule has 202 valence electrons. The fourth-order valence-corrected chi connectivity index (χ4v) is 5.58. The molecule has 0 bridgehead atoms. The zero-order valence-electron chi connectivity index (χ0n) is 19.5. The number of halogens is 3. The summed E-state index contributed by atoms with van der Waals surface area (Å²) < 4.78 is 96.9. The molecule has 0 N–H and O–H groups in total. The van der Waals surface area contributed by atoms with Gasteiger partial charge >= 0.3 is 21.6 Å². The Kier molecular flexibility index (Phi) is 8.35. The van der Waals surface area contributed by atoms with Gasteiger partial charge in [0, 0.05) is 17.4 Å². The molecule has 14 heteroatoms. The van der Waals surface area contributed by atoms with Crippen molar-refractivity contribution in [3.05, 3.63) is 60.2 Å². The zero-order chi connectivity index (χ0) is 26.8. The number of methoxy groups -OCH3 is 1. The van der Waals surface area contributed by atoms with Crippen LogP contribution in [0.1, 0.15) is 18.8 Å². The number of hydrogen-bond acceptors (Lipinski definition) is 10. The number of fused-ring (bicyclic) bond motifs is 1. The first kappa shape index (κ1) is 27.7. The maximum Gasteiger partial charge on any atom is 0.523 e. The molecule has 1 unspecified atom stereocenters. The van der Waals surface area contributed by atoms with Crippen LogP contribution in [0.15, 0.2) is 59.5 Å². The summed E-state index contributed by atoms with van der Waals surface area (Å²) in [5, 5.41) is 0. The SMILES string of the molecule is COc1ccc(C2OC[C@H]3O[C@@H](Sc4ccccc4)[C@H](OC(C)=O)[C@H](OS(=O)(=O)C(F)(F)F)[C@H]3O2)cc1. The lowest BCUT2D eigenvalue weighted by molar-refractivity contribution is -0.316. The molecule has 2 aliphatic heterocycles. The normalized spacial score (nSPS) is 28.2. The predicted octanol–water partition coefficient (Wildman–Crippen LogP) is 3.79.